The SMILES string of the molecule is COc1ccc(CN2CCN(c3ccc(-c4cc(-c5cnn(C)c5)cn5nc(N)c(C#N)c45)cc3)CC2)cn1. The predicted molar refractivity (Wildman–Crippen MR) is 150 cm³/mol. The number of benzene rings is 1. The smallest absolute Gasteiger partial charge is 0.212 e. The van der Waals surface area contributed by atoms with Gasteiger partial charge in [0.2, 0.25) is 5.88 Å². The number of anilines is 2. The lowest BCUT2D eigenvalue weighted by Gasteiger charge is -2.36. The molecule has 1 saturated heterocycles. The number of nitrogens with zero attached hydrogens (tertiary/aromatic N) is 8. The lowest BCUT2D eigenvalue weighted by Crippen LogP contribution is -2.45. The summed E-state index contributed by atoms with van der Waals surface area (Å²) in [6.07, 6.45) is 7.55. The standard InChI is InChI=1S/C29H29N9O/c1-35-18-23(16-33-35)22-13-25(28-26(14-30)29(31)34-38(28)19-22)21-4-6-24(7-5-21)37-11-9-36(10-12-37)17-20-3-8-27(39-2)32-15-20/h3-8,13,15-16,18-19H,9-12,17H2,1-2H3,(H2,31,34). The Balaban J connectivity index is 1.23. The highest BCUT2D eigenvalue weighted by molar-refractivity contribution is 5.90. The summed E-state index contributed by atoms with van der Waals surface area (Å²) in [5.41, 5.74) is 13.4. The normalized spacial score (nSPS) is 14.0. The molecule has 6 rings (SSSR count). The number of pyridine rings is 2. The molecule has 0 atom stereocenters. The highest BCUT2D eigenvalue weighted by Crippen LogP contribution is 2.34. The molecule has 0 unspecified atom stereocenters. The third-order valence-corrected chi connectivity index (χ3v) is 7.23. The van der Waals surface area contributed by atoms with E-state index in [9.17, 15) is 5.26 Å². The van der Waals surface area contributed by atoms with Crippen molar-refractivity contribution in [2.75, 3.05) is 43.9 Å². The zero-order chi connectivity index (χ0) is 26.9. The molecule has 1 aliphatic rings. The van der Waals surface area contributed by atoms with Crippen LogP contribution in [0.2, 0.25) is 0 Å². The fraction of sp³-hybridized carbons (Fsp3) is 0.241. The molecule has 1 fully saturated rings. The first kappa shape index (κ1) is 24.5. The van der Waals surface area contributed by atoms with Gasteiger partial charge in [-0.05, 0) is 29.3 Å². The fourth-order valence-corrected chi connectivity index (χ4v) is 5.15. The number of methoxy groups -OCH3 is 1. The molecule has 0 radical (unpaired) electrons. The first-order valence-electron chi connectivity index (χ1n) is 12.8. The van der Waals surface area contributed by atoms with E-state index in [4.69, 9.17) is 10.5 Å². The summed E-state index contributed by atoms with van der Waals surface area (Å²) in [4.78, 5) is 9.17. The summed E-state index contributed by atoms with van der Waals surface area (Å²) in [6, 6.07) is 16.8. The Hall–Kier alpha value is -4.88. The summed E-state index contributed by atoms with van der Waals surface area (Å²) in [7, 11) is 3.52. The Morgan fingerprint density at radius 1 is 0.974 bits per heavy atom. The number of hydrogen-bond donors (Lipinski definition) is 1. The van der Waals surface area contributed by atoms with E-state index in [0.29, 0.717) is 17.0 Å². The minimum absolute atomic E-state index is 0.224. The van der Waals surface area contributed by atoms with Crippen molar-refractivity contribution in [2.45, 2.75) is 6.54 Å². The first-order valence-corrected chi connectivity index (χ1v) is 12.8. The molecule has 2 N–H and O–H groups in total. The van der Waals surface area contributed by atoms with Gasteiger partial charge in [-0.3, -0.25) is 9.58 Å². The Morgan fingerprint density at radius 2 is 1.77 bits per heavy atom. The Morgan fingerprint density at radius 3 is 2.41 bits per heavy atom. The van der Waals surface area contributed by atoms with Gasteiger partial charge in [-0.2, -0.15) is 10.4 Å². The van der Waals surface area contributed by atoms with Crippen molar-refractivity contribution in [1.29, 1.82) is 5.26 Å². The van der Waals surface area contributed by atoms with Crippen LogP contribution in [0.25, 0.3) is 27.8 Å². The van der Waals surface area contributed by atoms with Gasteiger partial charge in [-0.1, -0.05) is 18.2 Å². The van der Waals surface area contributed by atoms with Gasteiger partial charge >= 0.3 is 0 Å². The zero-order valence-corrected chi connectivity index (χ0v) is 21.9. The molecule has 5 heterocycles. The summed E-state index contributed by atoms with van der Waals surface area (Å²) in [5, 5.41) is 18.5. The van der Waals surface area contributed by atoms with Crippen LogP contribution < -0.4 is 15.4 Å². The van der Waals surface area contributed by atoms with Crippen LogP contribution in [-0.2, 0) is 13.6 Å². The van der Waals surface area contributed by atoms with Gasteiger partial charge in [-0.25, -0.2) is 9.50 Å². The maximum Gasteiger partial charge on any atom is 0.212 e. The first-order chi connectivity index (χ1) is 19.0. The minimum Gasteiger partial charge on any atom is -0.481 e. The lowest BCUT2D eigenvalue weighted by atomic mass is 9.99. The molecule has 0 bridgehead atoms. The molecular weight excluding hydrogens is 490 g/mol. The van der Waals surface area contributed by atoms with Crippen LogP contribution in [0.3, 0.4) is 0 Å². The zero-order valence-electron chi connectivity index (χ0n) is 21.9. The molecule has 1 aromatic carbocycles. The molecule has 10 nitrogen and oxygen atoms in total. The number of ether oxygens (including phenoxy) is 1. The van der Waals surface area contributed by atoms with Crippen molar-refractivity contribution >= 4 is 17.0 Å². The van der Waals surface area contributed by atoms with Crippen molar-refractivity contribution < 1.29 is 4.74 Å². The minimum atomic E-state index is 0.224. The van der Waals surface area contributed by atoms with E-state index in [-0.39, 0.29) is 5.82 Å². The Labute approximate surface area is 226 Å². The van der Waals surface area contributed by atoms with Crippen LogP contribution in [0.5, 0.6) is 5.88 Å². The van der Waals surface area contributed by atoms with Gasteiger partial charge < -0.3 is 15.4 Å². The molecule has 5 aromatic rings. The molecule has 10 heteroatoms. The summed E-state index contributed by atoms with van der Waals surface area (Å²) >= 11 is 0. The lowest BCUT2D eigenvalue weighted by molar-refractivity contribution is 0.249. The van der Waals surface area contributed by atoms with Crippen molar-refractivity contribution in [1.82, 2.24) is 29.3 Å². The third kappa shape index (κ3) is 4.76. The molecule has 196 valence electrons. The van der Waals surface area contributed by atoms with Crippen LogP contribution >= 0.6 is 0 Å². The average molecular weight is 520 g/mol. The van der Waals surface area contributed by atoms with Crippen LogP contribution in [0.1, 0.15) is 11.1 Å². The second-order valence-electron chi connectivity index (χ2n) is 9.73. The van der Waals surface area contributed by atoms with Crippen molar-refractivity contribution in [2.24, 2.45) is 7.05 Å². The number of rotatable bonds is 6. The maximum atomic E-state index is 9.80. The van der Waals surface area contributed by atoms with Gasteiger partial charge in [0.15, 0.2) is 5.82 Å². The summed E-state index contributed by atoms with van der Waals surface area (Å²) in [5.74, 6) is 0.860. The molecule has 39 heavy (non-hydrogen) atoms. The highest BCUT2D eigenvalue weighted by Gasteiger charge is 2.20. The summed E-state index contributed by atoms with van der Waals surface area (Å²) < 4.78 is 8.63. The van der Waals surface area contributed by atoms with Gasteiger partial charge in [-0.15, -0.1) is 5.10 Å². The molecule has 1 aliphatic heterocycles. The molecular formula is C29H29N9O. The van der Waals surface area contributed by atoms with Gasteiger partial charge in [0, 0.05) is 86.8 Å². The number of aryl methyl sites for hydroxylation is 1. The van der Waals surface area contributed by atoms with Crippen LogP contribution in [0.15, 0.2) is 67.3 Å². The number of fused-ring (bicyclic) bond motifs is 1. The topological polar surface area (TPSA) is 114 Å². The Bertz CT molecular complexity index is 1650. The second-order valence-corrected chi connectivity index (χ2v) is 9.73. The quantitative estimate of drug-likeness (QED) is 0.362. The Kier molecular flexibility index (Phi) is 6.34. The number of aromatic nitrogens is 5. The van der Waals surface area contributed by atoms with Crippen LogP contribution in [-0.4, -0.2) is 62.6 Å². The van der Waals surface area contributed by atoms with E-state index in [1.807, 2.05) is 37.9 Å². The largest absolute Gasteiger partial charge is 0.481 e. The predicted octanol–water partition coefficient (Wildman–Crippen LogP) is 3.58. The van der Waals surface area contributed by atoms with Crippen molar-refractivity contribution in [3.63, 3.8) is 0 Å². The van der Waals surface area contributed by atoms with E-state index < -0.39 is 0 Å². The molecule has 0 amide bonds. The third-order valence-electron chi connectivity index (χ3n) is 7.23. The highest BCUT2D eigenvalue weighted by atomic mass is 16.5. The molecule has 0 saturated carbocycles. The monoisotopic (exact) mass is 519 g/mol. The van der Waals surface area contributed by atoms with E-state index in [1.165, 1.54) is 11.3 Å². The van der Waals surface area contributed by atoms with Crippen LogP contribution in [0.4, 0.5) is 11.5 Å². The van der Waals surface area contributed by atoms with Crippen molar-refractivity contribution in [3.05, 3.63) is 78.4 Å². The number of hydrogen-bond acceptors (Lipinski definition) is 8. The van der Waals surface area contributed by atoms with Gasteiger partial charge in [0.05, 0.1) is 18.8 Å². The molecule has 4 aromatic heterocycles. The molecule has 0 aliphatic carbocycles. The van der Waals surface area contributed by atoms with E-state index in [2.05, 4.69) is 67.4 Å². The number of piperazine rings is 1. The second kappa shape index (κ2) is 10.1. The average Bonchev–Trinajstić information content (AvgIpc) is 3.55. The maximum absolute atomic E-state index is 9.80. The van der Waals surface area contributed by atoms with E-state index in [1.54, 1.807) is 16.3 Å². The fourth-order valence-electron chi connectivity index (χ4n) is 5.15. The van der Waals surface area contributed by atoms with Crippen molar-refractivity contribution in [3.8, 4) is 34.2 Å². The summed E-state index contributed by atoms with van der Waals surface area (Å²) in [6.45, 7) is 4.72. The van der Waals surface area contributed by atoms with E-state index in [0.717, 1.165) is 55.0 Å². The number of nitriles is 1. The number of nitrogens with two attached hydrogens (primary N) is 1. The molecule has 0 spiro atoms. The van der Waals surface area contributed by atoms with Crippen LogP contribution in [0, 0.1) is 11.3 Å². The van der Waals surface area contributed by atoms with Gasteiger partial charge in [0.1, 0.15) is 11.6 Å². The van der Waals surface area contributed by atoms with E-state index >= 15 is 0 Å². The number of nitrogen functional groups attached to an aromatic ring is 1. The van der Waals surface area contributed by atoms with Gasteiger partial charge in [0.25, 0.3) is 0 Å².